The minimum absolute atomic E-state index is 0.0189. The highest BCUT2D eigenvalue weighted by Gasteiger charge is 2.29. The molecule has 0 saturated carbocycles. The lowest BCUT2D eigenvalue weighted by molar-refractivity contribution is -0.126. The molecule has 0 spiro atoms. The number of piperidine rings is 1. The molecular weight excluding hydrogens is 342 g/mol. The SMILES string of the molecule is CC(C)(C)OC(=O)N1CCC(C(=O)NCCN2CCc3ccccc32)CC1. The fourth-order valence-electron chi connectivity index (χ4n) is 3.75. The number of anilines is 1. The number of rotatable bonds is 4. The lowest BCUT2D eigenvalue weighted by Crippen LogP contribution is -2.45. The first-order chi connectivity index (χ1) is 12.8. The zero-order valence-electron chi connectivity index (χ0n) is 16.7. The molecule has 0 aromatic heterocycles. The van der Waals surface area contributed by atoms with E-state index in [9.17, 15) is 9.59 Å². The Kier molecular flexibility index (Phi) is 5.92. The van der Waals surface area contributed by atoms with E-state index in [0.29, 0.717) is 32.5 Å². The number of nitrogens with one attached hydrogen (secondary N) is 1. The number of amides is 2. The van der Waals surface area contributed by atoms with Gasteiger partial charge in [0.05, 0.1) is 0 Å². The Balaban J connectivity index is 1.38. The molecule has 0 bridgehead atoms. The topological polar surface area (TPSA) is 61.9 Å². The van der Waals surface area contributed by atoms with Crippen molar-refractivity contribution in [2.24, 2.45) is 5.92 Å². The molecule has 2 heterocycles. The van der Waals surface area contributed by atoms with Crippen LogP contribution in [-0.4, -0.2) is 55.2 Å². The number of ether oxygens (including phenoxy) is 1. The van der Waals surface area contributed by atoms with Crippen molar-refractivity contribution in [3.8, 4) is 0 Å². The van der Waals surface area contributed by atoms with Crippen molar-refractivity contribution < 1.29 is 14.3 Å². The molecule has 1 aromatic carbocycles. The van der Waals surface area contributed by atoms with Gasteiger partial charge in [-0.05, 0) is 51.7 Å². The van der Waals surface area contributed by atoms with Gasteiger partial charge in [-0.2, -0.15) is 0 Å². The number of carbonyl (C=O) groups excluding carboxylic acids is 2. The maximum Gasteiger partial charge on any atom is 0.410 e. The van der Waals surface area contributed by atoms with Crippen LogP contribution < -0.4 is 10.2 Å². The summed E-state index contributed by atoms with van der Waals surface area (Å²) in [5.41, 5.74) is 2.19. The van der Waals surface area contributed by atoms with Gasteiger partial charge < -0.3 is 19.9 Å². The maximum absolute atomic E-state index is 12.5. The van der Waals surface area contributed by atoms with Crippen LogP contribution in [0.2, 0.25) is 0 Å². The Labute approximate surface area is 161 Å². The average molecular weight is 373 g/mol. The number of nitrogens with zero attached hydrogens (tertiary/aromatic N) is 2. The summed E-state index contributed by atoms with van der Waals surface area (Å²) in [7, 11) is 0. The molecule has 1 saturated heterocycles. The lowest BCUT2D eigenvalue weighted by Gasteiger charge is -2.33. The van der Waals surface area contributed by atoms with Crippen molar-refractivity contribution in [3.05, 3.63) is 29.8 Å². The van der Waals surface area contributed by atoms with E-state index in [1.807, 2.05) is 20.8 Å². The van der Waals surface area contributed by atoms with Crippen LogP contribution in [0.15, 0.2) is 24.3 Å². The van der Waals surface area contributed by atoms with E-state index < -0.39 is 5.60 Å². The summed E-state index contributed by atoms with van der Waals surface area (Å²) in [5, 5.41) is 3.08. The van der Waals surface area contributed by atoms with Crippen LogP contribution in [-0.2, 0) is 16.0 Å². The molecule has 0 atom stereocenters. The largest absolute Gasteiger partial charge is 0.444 e. The van der Waals surface area contributed by atoms with Crippen LogP contribution in [0, 0.1) is 5.92 Å². The van der Waals surface area contributed by atoms with E-state index in [1.165, 1.54) is 11.3 Å². The summed E-state index contributed by atoms with van der Waals surface area (Å²) in [5.74, 6) is 0.0841. The van der Waals surface area contributed by atoms with Gasteiger partial charge in [0.1, 0.15) is 5.60 Å². The van der Waals surface area contributed by atoms with E-state index in [2.05, 4.69) is 34.5 Å². The van der Waals surface area contributed by atoms with Gasteiger partial charge in [0, 0.05) is 44.3 Å². The predicted octanol–water partition coefficient (Wildman–Crippen LogP) is 2.81. The monoisotopic (exact) mass is 373 g/mol. The summed E-state index contributed by atoms with van der Waals surface area (Å²) in [6, 6.07) is 8.46. The van der Waals surface area contributed by atoms with Crippen molar-refractivity contribution in [3.63, 3.8) is 0 Å². The first-order valence-electron chi connectivity index (χ1n) is 9.92. The molecule has 1 aromatic rings. The smallest absolute Gasteiger partial charge is 0.410 e. The van der Waals surface area contributed by atoms with E-state index in [-0.39, 0.29) is 17.9 Å². The van der Waals surface area contributed by atoms with Crippen LogP contribution in [0.3, 0.4) is 0 Å². The fourth-order valence-corrected chi connectivity index (χ4v) is 3.75. The molecule has 1 fully saturated rings. The quantitative estimate of drug-likeness (QED) is 0.882. The second-order valence-corrected chi connectivity index (χ2v) is 8.40. The zero-order valence-corrected chi connectivity index (χ0v) is 16.7. The van der Waals surface area contributed by atoms with Gasteiger partial charge in [0.2, 0.25) is 5.91 Å². The third-order valence-corrected chi connectivity index (χ3v) is 5.18. The number of para-hydroxylation sites is 1. The molecule has 6 nitrogen and oxygen atoms in total. The molecule has 0 radical (unpaired) electrons. The average Bonchev–Trinajstić information content (AvgIpc) is 3.04. The Morgan fingerprint density at radius 2 is 1.85 bits per heavy atom. The second kappa shape index (κ2) is 8.19. The van der Waals surface area contributed by atoms with Gasteiger partial charge in [-0.1, -0.05) is 18.2 Å². The molecule has 0 unspecified atom stereocenters. The first-order valence-corrected chi connectivity index (χ1v) is 9.92. The molecular formula is C21H31N3O3. The fraction of sp³-hybridized carbons (Fsp3) is 0.619. The molecule has 0 aliphatic carbocycles. The zero-order chi connectivity index (χ0) is 19.4. The molecule has 2 aliphatic heterocycles. The van der Waals surface area contributed by atoms with Crippen molar-refractivity contribution in [1.29, 1.82) is 0 Å². The normalized spacial score (nSPS) is 17.6. The van der Waals surface area contributed by atoms with Crippen molar-refractivity contribution in [2.45, 2.75) is 45.6 Å². The highest BCUT2D eigenvalue weighted by Crippen LogP contribution is 2.26. The molecule has 3 rings (SSSR count). The predicted molar refractivity (Wildman–Crippen MR) is 106 cm³/mol. The standard InChI is InChI=1S/C21H31N3O3/c1-21(2,3)27-20(26)24-13-9-17(10-14-24)19(25)22-11-15-23-12-8-16-6-4-5-7-18(16)23/h4-7,17H,8-15H2,1-3H3,(H,22,25). The van der Waals surface area contributed by atoms with Gasteiger partial charge in [0.15, 0.2) is 0 Å². The van der Waals surface area contributed by atoms with Crippen LogP contribution in [0.4, 0.5) is 10.5 Å². The van der Waals surface area contributed by atoms with Crippen LogP contribution in [0.25, 0.3) is 0 Å². The van der Waals surface area contributed by atoms with Gasteiger partial charge in [-0.3, -0.25) is 4.79 Å². The molecule has 1 N–H and O–H groups in total. The first kappa shape index (κ1) is 19.5. The Morgan fingerprint density at radius 1 is 1.15 bits per heavy atom. The van der Waals surface area contributed by atoms with Gasteiger partial charge in [0.25, 0.3) is 0 Å². The van der Waals surface area contributed by atoms with Gasteiger partial charge in [-0.15, -0.1) is 0 Å². The highest BCUT2D eigenvalue weighted by atomic mass is 16.6. The Morgan fingerprint density at radius 3 is 2.56 bits per heavy atom. The Hall–Kier alpha value is -2.24. The summed E-state index contributed by atoms with van der Waals surface area (Å²) in [6.45, 7) is 9.25. The number of hydrogen-bond donors (Lipinski definition) is 1. The molecule has 2 amide bonds. The minimum atomic E-state index is -0.487. The molecule has 27 heavy (non-hydrogen) atoms. The van der Waals surface area contributed by atoms with E-state index in [0.717, 1.165) is 19.5 Å². The maximum atomic E-state index is 12.5. The number of likely N-dealkylation sites (tertiary alicyclic amines) is 1. The molecule has 6 heteroatoms. The second-order valence-electron chi connectivity index (χ2n) is 8.40. The molecule has 148 valence electrons. The summed E-state index contributed by atoms with van der Waals surface area (Å²) >= 11 is 0. The van der Waals surface area contributed by atoms with Crippen molar-refractivity contribution in [1.82, 2.24) is 10.2 Å². The van der Waals surface area contributed by atoms with Crippen molar-refractivity contribution in [2.75, 3.05) is 37.6 Å². The van der Waals surface area contributed by atoms with E-state index in [4.69, 9.17) is 4.74 Å². The Bertz CT molecular complexity index is 675. The summed E-state index contributed by atoms with van der Waals surface area (Å²) in [6.07, 6.45) is 2.18. The third-order valence-electron chi connectivity index (χ3n) is 5.18. The number of benzene rings is 1. The summed E-state index contributed by atoms with van der Waals surface area (Å²) in [4.78, 5) is 28.6. The van der Waals surface area contributed by atoms with Crippen LogP contribution in [0.1, 0.15) is 39.2 Å². The lowest BCUT2D eigenvalue weighted by atomic mass is 9.96. The summed E-state index contributed by atoms with van der Waals surface area (Å²) < 4.78 is 5.40. The van der Waals surface area contributed by atoms with Crippen molar-refractivity contribution >= 4 is 17.7 Å². The van der Waals surface area contributed by atoms with Gasteiger partial charge >= 0.3 is 6.09 Å². The highest BCUT2D eigenvalue weighted by molar-refractivity contribution is 5.79. The van der Waals surface area contributed by atoms with Crippen LogP contribution >= 0.6 is 0 Å². The minimum Gasteiger partial charge on any atom is -0.444 e. The van der Waals surface area contributed by atoms with E-state index in [1.54, 1.807) is 4.90 Å². The molecule has 2 aliphatic rings. The number of carbonyl (C=O) groups is 2. The third kappa shape index (κ3) is 5.15. The van der Waals surface area contributed by atoms with Gasteiger partial charge in [-0.25, -0.2) is 4.79 Å². The van der Waals surface area contributed by atoms with Crippen LogP contribution in [0.5, 0.6) is 0 Å². The number of hydrogen-bond acceptors (Lipinski definition) is 4. The van der Waals surface area contributed by atoms with E-state index >= 15 is 0 Å². The number of fused-ring (bicyclic) bond motifs is 1.